The van der Waals surface area contributed by atoms with Crippen molar-refractivity contribution in [2.24, 2.45) is 5.92 Å². The summed E-state index contributed by atoms with van der Waals surface area (Å²) in [6.07, 6.45) is 4.69. The fourth-order valence-electron chi connectivity index (χ4n) is 2.43. The largest absolute Gasteiger partial charge is 0.379 e. The average Bonchev–Trinajstić information content (AvgIpc) is 2.88. The van der Waals surface area contributed by atoms with Crippen LogP contribution >= 0.6 is 11.3 Å². The van der Waals surface area contributed by atoms with E-state index in [9.17, 15) is 0 Å². The number of hydrogen-bond acceptors (Lipinski definition) is 5. The second kappa shape index (κ2) is 7.22. The quantitative estimate of drug-likeness (QED) is 0.814. The Kier molecular flexibility index (Phi) is 5.60. The van der Waals surface area contributed by atoms with Crippen LogP contribution in [0.2, 0.25) is 0 Å². The minimum atomic E-state index is 0.333. The highest BCUT2D eigenvalue weighted by Gasteiger charge is 2.27. The molecule has 108 valence electrons. The van der Waals surface area contributed by atoms with Gasteiger partial charge in [0.05, 0.1) is 6.10 Å². The van der Waals surface area contributed by atoms with Crippen LogP contribution in [0, 0.1) is 5.92 Å². The van der Waals surface area contributed by atoms with E-state index in [-0.39, 0.29) is 0 Å². The van der Waals surface area contributed by atoms with Crippen molar-refractivity contribution >= 4 is 16.5 Å². The maximum atomic E-state index is 5.56. The molecule has 0 saturated carbocycles. The van der Waals surface area contributed by atoms with Gasteiger partial charge in [-0.3, -0.25) is 0 Å². The summed E-state index contributed by atoms with van der Waals surface area (Å²) in [5, 5.41) is 4.56. The molecule has 1 fully saturated rings. The fourth-order valence-corrected chi connectivity index (χ4v) is 3.34. The number of piperidine rings is 1. The first-order valence-corrected chi connectivity index (χ1v) is 7.99. The van der Waals surface area contributed by atoms with E-state index in [0.29, 0.717) is 12.0 Å². The van der Waals surface area contributed by atoms with Crippen molar-refractivity contribution in [2.45, 2.75) is 39.3 Å². The Morgan fingerprint density at radius 2 is 2.42 bits per heavy atom. The molecule has 19 heavy (non-hydrogen) atoms. The van der Waals surface area contributed by atoms with E-state index in [1.807, 2.05) is 13.3 Å². The van der Waals surface area contributed by atoms with Crippen molar-refractivity contribution < 1.29 is 4.74 Å². The first-order chi connectivity index (χ1) is 9.24. The molecule has 4 nitrogen and oxygen atoms in total. The highest BCUT2D eigenvalue weighted by atomic mass is 32.1. The van der Waals surface area contributed by atoms with E-state index in [0.717, 1.165) is 31.3 Å². The van der Waals surface area contributed by atoms with Crippen molar-refractivity contribution in [3.05, 3.63) is 11.1 Å². The molecule has 0 aromatic carbocycles. The molecule has 1 aliphatic rings. The van der Waals surface area contributed by atoms with Gasteiger partial charge in [-0.05, 0) is 25.3 Å². The van der Waals surface area contributed by atoms with Crippen LogP contribution in [-0.2, 0) is 11.3 Å². The number of nitrogens with one attached hydrogen (secondary N) is 1. The molecule has 2 atom stereocenters. The molecule has 0 radical (unpaired) electrons. The second-order valence-electron chi connectivity index (χ2n) is 5.27. The van der Waals surface area contributed by atoms with E-state index in [1.165, 1.54) is 17.7 Å². The summed E-state index contributed by atoms with van der Waals surface area (Å²) in [6.45, 7) is 8.52. The number of aromatic nitrogens is 1. The Bertz CT molecular complexity index is 383. The summed E-state index contributed by atoms with van der Waals surface area (Å²) in [5.41, 5.74) is 0. The maximum Gasteiger partial charge on any atom is 0.185 e. The molecule has 0 spiro atoms. The lowest BCUT2D eigenvalue weighted by atomic mass is 9.96. The summed E-state index contributed by atoms with van der Waals surface area (Å²) < 4.78 is 5.56. The number of methoxy groups -OCH3 is 1. The van der Waals surface area contributed by atoms with Gasteiger partial charge < -0.3 is 15.0 Å². The Balaban J connectivity index is 1.91. The number of ether oxygens (including phenoxy) is 1. The molecule has 1 aromatic heterocycles. The average molecular weight is 283 g/mol. The predicted octanol–water partition coefficient (Wildman–Crippen LogP) is 2.50. The first kappa shape index (κ1) is 14.8. The summed E-state index contributed by atoms with van der Waals surface area (Å²) in [5.74, 6) is 0.645. The van der Waals surface area contributed by atoms with Crippen molar-refractivity contribution in [1.29, 1.82) is 0 Å². The van der Waals surface area contributed by atoms with Gasteiger partial charge in [-0.2, -0.15) is 0 Å². The van der Waals surface area contributed by atoms with Crippen LogP contribution < -0.4 is 10.2 Å². The zero-order valence-corrected chi connectivity index (χ0v) is 13.0. The molecule has 1 aromatic rings. The molecule has 5 heteroatoms. The van der Waals surface area contributed by atoms with Gasteiger partial charge in [0, 0.05) is 37.8 Å². The number of hydrogen-bond donors (Lipinski definition) is 1. The van der Waals surface area contributed by atoms with Crippen molar-refractivity contribution in [3.63, 3.8) is 0 Å². The van der Waals surface area contributed by atoms with E-state index >= 15 is 0 Å². The lowest BCUT2D eigenvalue weighted by Crippen LogP contribution is -2.43. The van der Waals surface area contributed by atoms with Crippen LogP contribution in [0.4, 0.5) is 5.13 Å². The minimum Gasteiger partial charge on any atom is -0.379 e. The van der Waals surface area contributed by atoms with Gasteiger partial charge in [0.15, 0.2) is 5.13 Å². The molecular formula is C14H25N3OS. The maximum absolute atomic E-state index is 5.56. The molecule has 0 aliphatic carbocycles. The van der Waals surface area contributed by atoms with Crippen molar-refractivity contribution in [1.82, 2.24) is 10.3 Å². The van der Waals surface area contributed by atoms with Crippen LogP contribution in [0.25, 0.3) is 0 Å². The van der Waals surface area contributed by atoms with Gasteiger partial charge in [-0.25, -0.2) is 4.98 Å². The molecule has 1 aliphatic heterocycles. The van der Waals surface area contributed by atoms with E-state index in [4.69, 9.17) is 4.74 Å². The monoisotopic (exact) mass is 283 g/mol. The topological polar surface area (TPSA) is 37.4 Å². The standard InChI is InChI=1S/C14H25N3OS/c1-4-6-15-8-12-9-16-14(19-12)17-7-5-11(2)13(10-17)18-3/h9,11,13,15H,4-8,10H2,1-3H3. The number of anilines is 1. The lowest BCUT2D eigenvalue weighted by molar-refractivity contribution is 0.0498. The van der Waals surface area contributed by atoms with Crippen molar-refractivity contribution in [3.8, 4) is 0 Å². The third-order valence-electron chi connectivity index (χ3n) is 3.73. The third-order valence-corrected chi connectivity index (χ3v) is 4.79. The molecule has 0 bridgehead atoms. The number of rotatable bonds is 6. The SMILES string of the molecule is CCCNCc1cnc(N2CCC(C)C(OC)C2)s1. The molecule has 2 unspecified atom stereocenters. The van der Waals surface area contributed by atoms with Crippen LogP contribution in [0.1, 0.15) is 31.6 Å². The minimum absolute atomic E-state index is 0.333. The zero-order valence-electron chi connectivity index (χ0n) is 12.2. The smallest absolute Gasteiger partial charge is 0.185 e. The molecule has 1 N–H and O–H groups in total. The predicted molar refractivity (Wildman–Crippen MR) is 80.9 cm³/mol. The summed E-state index contributed by atoms with van der Waals surface area (Å²) in [6, 6.07) is 0. The Morgan fingerprint density at radius 3 is 3.16 bits per heavy atom. The van der Waals surface area contributed by atoms with Gasteiger partial charge in [0.1, 0.15) is 0 Å². The van der Waals surface area contributed by atoms with E-state index < -0.39 is 0 Å². The van der Waals surface area contributed by atoms with Gasteiger partial charge >= 0.3 is 0 Å². The van der Waals surface area contributed by atoms with Crippen molar-refractivity contribution in [2.75, 3.05) is 31.6 Å². The van der Waals surface area contributed by atoms with Crippen LogP contribution in [0.5, 0.6) is 0 Å². The molecular weight excluding hydrogens is 258 g/mol. The van der Waals surface area contributed by atoms with Gasteiger partial charge in [-0.15, -0.1) is 11.3 Å². The van der Waals surface area contributed by atoms with Gasteiger partial charge in [0.25, 0.3) is 0 Å². The fraction of sp³-hybridized carbons (Fsp3) is 0.786. The first-order valence-electron chi connectivity index (χ1n) is 7.17. The van der Waals surface area contributed by atoms with E-state index in [1.54, 1.807) is 11.3 Å². The Labute approximate surface area is 120 Å². The third kappa shape index (κ3) is 3.91. The van der Waals surface area contributed by atoms with Crippen LogP contribution in [-0.4, -0.2) is 37.8 Å². The second-order valence-corrected chi connectivity index (χ2v) is 6.37. The van der Waals surface area contributed by atoms with Crippen LogP contribution in [0.3, 0.4) is 0 Å². The molecule has 1 saturated heterocycles. The highest BCUT2D eigenvalue weighted by Crippen LogP contribution is 2.28. The molecule has 2 rings (SSSR count). The normalized spacial score (nSPS) is 23.8. The number of thiazole rings is 1. The Hall–Kier alpha value is -0.650. The molecule has 2 heterocycles. The van der Waals surface area contributed by atoms with Gasteiger partial charge in [-0.1, -0.05) is 13.8 Å². The summed E-state index contributed by atoms with van der Waals surface area (Å²) in [7, 11) is 1.81. The number of nitrogens with zero attached hydrogens (tertiary/aromatic N) is 2. The van der Waals surface area contributed by atoms with Crippen LogP contribution in [0.15, 0.2) is 6.20 Å². The molecule has 0 amide bonds. The Morgan fingerprint density at radius 1 is 1.58 bits per heavy atom. The van der Waals surface area contributed by atoms with E-state index in [2.05, 4.69) is 29.0 Å². The summed E-state index contributed by atoms with van der Waals surface area (Å²) >= 11 is 1.80. The van der Waals surface area contributed by atoms with Gasteiger partial charge in [0.2, 0.25) is 0 Å². The zero-order chi connectivity index (χ0) is 13.7. The lowest BCUT2D eigenvalue weighted by Gasteiger charge is -2.36. The summed E-state index contributed by atoms with van der Waals surface area (Å²) in [4.78, 5) is 8.24. The highest BCUT2D eigenvalue weighted by molar-refractivity contribution is 7.15.